The van der Waals surface area contributed by atoms with Gasteiger partial charge in [-0.3, -0.25) is 5.32 Å². The van der Waals surface area contributed by atoms with E-state index < -0.39 is 35.5 Å². The zero-order valence-corrected chi connectivity index (χ0v) is 20.5. The Kier molecular flexibility index (Phi) is 6.85. The minimum atomic E-state index is -1.05. The summed E-state index contributed by atoms with van der Waals surface area (Å²) >= 11 is 0. The molecule has 1 aliphatic rings. The summed E-state index contributed by atoms with van der Waals surface area (Å²) in [6.45, 7) is 7.49. The summed E-state index contributed by atoms with van der Waals surface area (Å²) in [4.78, 5) is 29.2. The van der Waals surface area contributed by atoms with Gasteiger partial charge in [-0.25, -0.2) is 23.4 Å². The highest BCUT2D eigenvalue weighted by atomic mass is 19.1. The lowest BCUT2D eigenvalue weighted by Crippen LogP contribution is -2.45. The standard InChI is InChI=1S/C25H28F2N4O5/c1-14-5-6-31-19(12-16-13-30(24(33)34)7-8-35-16)22(29-20(31)9-14)21-17(26)10-15(11-18(21)27)28-23(32)36-25(2,3)4/h5-6,9-11,16H,7-8,12-13H2,1-4H3,(H,28,32)(H,33,34)/t16-/m0/s1. The average Bonchev–Trinajstić information content (AvgIpc) is 3.08. The van der Waals surface area contributed by atoms with E-state index in [1.165, 1.54) is 4.90 Å². The van der Waals surface area contributed by atoms with Gasteiger partial charge in [-0.2, -0.15) is 0 Å². The Hall–Kier alpha value is -3.73. The number of hydrogen-bond donors (Lipinski definition) is 2. The maximum Gasteiger partial charge on any atom is 0.412 e. The number of pyridine rings is 1. The number of imidazole rings is 1. The zero-order chi connectivity index (χ0) is 26.2. The summed E-state index contributed by atoms with van der Waals surface area (Å²) < 4.78 is 43.3. The molecule has 36 heavy (non-hydrogen) atoms. The third-order valence-electron chi connectivity index (χ3n) is 5.64. The van der Waals surface area contributed by atoms with Crippen LogP contribution in [-0.2, 0) is 15.9 Å². The summed E-state index contributed by atoms with van der Waals surface area (Å²) in [6, 6.07) is 5.63. The van der Waals surface area contributed by atoms with Crippen LogP contribution in [0.15, 0.2) is 30.5 Å². The zero-order valence-electron chi connectivity index (χ0n) is 20.5. The number of aryl methyl sites for hydroxylation is 1. The van der Waals surface area contributed by atoms with Crippen LogP contribution in [0.5, 0.6) is 0 Å². The molecule has 1 aliphatic heterocycles. The Morgan fingerprint density at radius 2 is 1.94 bits per heavy atom. The number of nitrogens with zero attached hydrogens (tertiary/aromatic N) is 3. The van der Waals surface area contributed by atoms with Gasteiger partial charge in [0.05, 0.1) is 36.2 Å². The van der Waals surface area contributed by atoms with Crippen molar-refractivity contribution in [2.24, 2.45) is 0 Å². The van der Waals surface area contributed by atoms with Crippen LogP contribution in [0.3, 0.4) is 0 Å². The number of aromatic nitrogens is 2. The molecule has 0 radical (unpaired) electrons. The maximum absolute atomic E-state index is 15.3. The fourth-order valence-electron chi connectivity index (χ4n) is 4.12. The molecule has 2 N–H and O–H groups in total. The number of morpholine rings is 1. The van der Waals surface area contributed by atoms with Gasteiger partial charge in [0.2, 0.25) is 0 Å². The first-order valence-electron chi connectivity index (χ1n) is 11.5. The number of hydrogen-bond acceptors (Lipinski definition) is 5. The molecule has 11 heteroatoms. The lowest BCUT2D eigenvalue weighted by atomic mass is 10.0. The van der Waals surface area contributed by atoms with E-state index in [0.717, 1.165) is 17.7 Å². The fourth-order valence-corrected chi connectivity index (χ4v) is 4.12. The summed E-state index contributed by atoms with van der Waals surface area (Å²) in [5.41, 5.74) is 0.726. The van der Waals surface area contributed by atoms with Crippen LogP contribution < -0.4 is 5.32 Å². The number of nitrogens with one attached hydrogen (secondary N) is 1. The number of anilines is 1. The van der Waals surface area contributed by atoms with Gasteiger partial charge in [-0.15, -0.1) is 0 Å². The van der Waals surface area contributed by atoms with Crippen molar-refractivity contribution >= 4 is 23.5 Å². The van der Waals surface area contributed by atoms with Crippen LogP contribution in [0.25, 0.3) is 16.9 Å². The predicted molar refractivity (Wildman–Crippen MR) is 128 cm³/mol. The molecule has 1 fully saturated rings. The predicted octanol–water partition coefficient (Wildman–Crippen LogP) is 4.86. The number of amides is 2. The van der Waals surface area contributed by atoms with E-state index in [9.17, 15) is 14.7 Å². The van der Waals surface area contributed by atoms with Crippen LogP contribution in [-0.4, -0.2) is 63.0 Å². The van der Waals surface area contributed by atoms with Gasteiger partial charge in [-0.05, 0) is 57.5 Å². The number of carboxylic acid groups (broad SMARTS) is 1. The highest BCUT2D eigenvalue weighted by molar-refractivity contribution is 5.85. The van der Waals surface area contributed by atoms with Crippen molar-refractivity contribution in [3.63, 3.8) is 0 Å². The minimum Gasteiger partial charge on any atom is -0.465 e. The van der Waals surface area contributed by atoms with Crippen molar-refractivity contribution in [3.8, 4) is 11.3 Å². The lowest BCUT2D eigenvalue weighted by Gasteiger charge is -2.31. The van der Waals surface area contributed by atoms with Gasteiger partial charge in [-0.1, -0.05) is 0 Å². The molecule has 4 rings (SSSR count). The quantitative estimate of drug-likeness (QED) is 0.528. The lowest BCUT2D eigenvalue weighted by molar-refractivity contribution is -0.0214. The van der Waals surface area contributed by atoms with Crippen molar-refractivity contribution in [2.45, 2.75) is 45.8 Å². The fraction of sp³-hybridized carbons (Fsp3) is 0.400. The molecule has 3 aromatic rings. The SMILES string of the molecule is Cc1ccn2c(C[C@H]3CN(C(=O)O)CCO3)c(-c3c(F)cc(NC(=O)OC(C)(C)C)cc3F)nc2c1. The van der Waals surface area contributed by atoms with E-state index in [2.05, 4.69) is 10.3 Å². The highest BCUT2D eigenvalue weighted by Gasteiger charge is 2.29. The number of rotatable bonds is 4. The third kappa shape index (κ3) is 5.56. The van der Waals surface area contributed by atoms with Gasteiger partial charge in [0.25, 0.3) is 0 Å². The molecule has 0 unspecified atom stereocenters. The molecule has 1 atom stereocenters. The number of carbonyl (C=O) groups excluding carboxylic acids is 1. The van der Waals surface area contributed by atoms with Crippen molar-refractivity contribution in [1.29, 1.82) is 0 Å². The van der Waals surface area contributed by atoms with Crippen LogP contribution in [0, 0.1) is 18.6 Å². The largest absolute Gasteiger partial charge is 0.465 e. The normalized spacial score (nSPS) is 16.3. The topological polar surface area (TPSA) is 105 Å². The van der Waals surface area contributed by atoms with E-state index in [0.29, 0.717) is 11.3 Å². The van der Waals surface area contributed by atoms with Crippen LogP contribution in [0.2, 0.25) is 0 Å². The summed E-state index contributed by atoms with van der Waals surface area (Å²) in [7, 11) is 0. The van der Waals surface area contributed by atoms with E-state index >= 15 is 8.78 Å². The summed E-state index contributed by atoms with van der Waals surface area (Å²) in [5.74, 6) is -1.83. The smallest absolute Gasteiger partial charge is 0.412 e. The van der Waals surface area contributed by atoms with Gasteiger partial charge in [0.15, 0.2) is 0 Å². The molecular formula is C25H28F2N4O5. The maximum atomic E-state index is 15.3. The molecule has 2 amide bonds. The molecule has 9 nitrogen and oxygen atoms in total. The molecule has 3 heterocycles. The molecular weight excluding hydrogens is 474 g/mol. The van der Waals surface area contributed by atoms with Crippen molar-refractivity contribution in [1.82, 2.24) is 14.3 Å². The third-order valence-corrected chi connectivity index (χ3v) is 5.64. The second-order valence-corrected chi connectivity index (χ2v) is 9.71. The monoisotopic (exact) mass is 502 g/mol. The number of fused-ring (bicyclic) bond motifs is 1. The first-order valence-corrected chi connectivity index (χ1v) is 11.5. The second kappa shape index (κ2) is 9.73. The Balaban J connectivity index is 1.72. The van der Waals surface area contributed by atoms with Crippen LogP contribution in [0.4, 0.5) is 24.1 Å². The minimum absolute atomic E-state index is 0.0791. The molecule has 1 saturated heterocycles. The Morgan fingerprint density at radius 3 is 2.58 bits per heavy atom. The first-order chi connectivity index (χ1) is 16.9. The van der Waals surface area contributed by atoms with Crippen molar-refractivity contribution in [3.05, 3.63) is 53.4 Å². The van der Waals surface area contributed by atoms with Gasteiger partial charge in [0.1, 0.15) is 22.9 Å². The Labute approximate surface area is 206 Å². The Bertz CT molecular complexity index is 1290. The molecule has 0 spiro atoms. The molecule has 0 saturated carbocycles. The number of carbonyl (C=O) groups is 2. The van der Waals surface area contributed by atoms with E-state index in [4.69, 9.17) is 9.47 Å². The molecule has 192 valence electrons. The second-order valence-electron chi connectivity index (χ2n) is 9.71. The summed E-state index contributed by atoms with van der Waals surface area (Å²) in [5, 5.41) is 11.7. The van der Waals surface area contributed by atoms with Gasteiger partial charge in [0, 0.05) is 24.8 Å². The van der Waals surface area contributed by atoms with Crippen LogP contribution in [0.1, 0.15) is 32.0 Å². The number of benzene rings is 1. The Morgan fingerprint density at radius 1 is 1.25 bits per heavy atom. The molecule has 2 aromatic heterocycles. The molecule has 0 aliphatic carbocycles. The molecule has 1 aromatic carbocycles. The number of ether oxygens (including phenoxy) is 2. The summed E-state index contributed by atoms with van der Waals surface area (Å²) in [6.07, 6.45) is -0.477. The van der Waals surface area contributed by atoms with Crippen molar-refractivity contribution in [2.75, 3.05) is 25.0 Å². The van der Waals surface area contributed by atoms with E-state index in [-0.39, 0.29) is 43.1 Å². The first kappa shape index (κ1) is 25.4. The van der Waals surface area contributed by atoms with E-state index in [1.807, 2.05) is 13.0 Å². The van der Waals surface area contributed by atoms with Crippen molar-refractivity contribution < 1.29 is 33.0 Å². The highest BCUT2D eigenvalue weighted by Crippen LogP contribution is 2.33. The van der Waals surface area contributed by atoms with Gasteiger partial charge >= 0.3 is 12.2 Å². The average molecular weight is 503 g/mol. The van der Waals surface area contributed by atoms with E-state index in [1.54, 1.807) is 37.4 Å². The number of halogens is 2. The molecule has 0 bridgehead atoms. The van der Waals surface area contributed by atoms with Crippen LogP contribution >= 0.6 is 0 Å². The van der Waals surface area contributed by atoms with Gasteiger partial charge < -0.3 is 23.9 Å².